The summed E-state index contributed by atoms with van der Waals surface area (Å²) in [5.41, 5.74) is 3.09. The van der Waals surface area contributed by atoms with Crippen LogP contribution in [0.4, 0.5) is 0 Å². The molecule has 3 aromatic heterocycles. The fourth-order valence-electron chi connectivity index (χ4n) is 2.91. The lowest BCUT2D eigenvalue weighted by atomic mass is 10.1. The van der Waals surface area contributed by atoms with Crippen LogP contribution in [0.3, 0.4) is 0 Å². The van der Waals surface area contributed by atoms with Gasteiger partial charge in [-0.3, -0.25) is 4.79 Å². The van der Waals surface area contributed by atoms with Crippen LogP contribution >= 0.6 is 11.6 Å². The van der Waals surface area contributed by atoms with Crippen molar-refractivity contribution in [2.75, 3.05) is 6.61 Å². The Morgan fingerprint density at radius 3 is 2.68 bits per heavy atom. The normalized spacial score (nSPS) is 11.4. The highest BCUT2D eigenvalue weighted by molar-refractivity contribution is 6.30. The maximum atomic E-state index is 12.6. The number of aryl methyl sites for hydroxylation is 1. The first-order valence-electron chi connectivity index (χ1n) is 7.92. The lowest BCUT2D eigenvalue weighted by Crippen LogP contribution is -2.21. The largest absolute Gasteiger partial charge is 0.396 e. The zero-order valence-electron chi connectivity index (χ0n) is 13.3. The number of pyridine rings is 1. The molecule has 3 heterocycles. The van der Waals surface area contributed by atoms with Crippen LogP contribution in [0.1, 0.15) is 6.42 Å². The molecule has 0 aliphatic heterocycles. The molecule has 7 heteroatoms. The van der Waals surface area contributed by atoms with Gasteiger partial charge in [-0.1, -0.05) is 23.7 Å². The SMILES string of the molecule is O=c1c2cnc3c(-c4ccc(Cl)cc4)cnn3c2ccn1CCCO. The molecule has 0 fully saturated rings. The van der Waals surface area contributed by atoms with Gasteiger partial charge in [0.15, 0.2) is 5.65 Å². The average molecular weight is 355 g/mol. The van der Waals surface area contributed by atoms with Crippen LogP contribution in [-0.4, -0.2) is 30.9 Å². The van der Waals surface area contributed by atoms with Crippen molar-refractivity contribution in [2.24, 2.45) is 0 Å². The zero-order valence-corrected chi connectivity index (χ0v) is 14.0. The average Bonchev–Trinajstić information content (AvgIpc) is 3.06. The molecule has 4 aromatic rings. The molecule has 0 atom stereocenters. The lowest BCUT2D eigenvalue weighted by Gasteiger charge is -2.07. The second-order valence-electron chi connectivity index (χ2n) is 5.75. The number of aliphatic hydroxyl groups is 1. The van der Waals surface area contributed by atoms with Crippen LogP contribution < -0.4 is 5.56 Å². The third kappa shape index (κ3) is 2.69. The van der Waals surface area contributed by atoms with E-state index >= 15 is 0 Å². The molecule has 1 N–H and O–H groups in total. The van der Waals surface area contributed by atoms with Gasteiger partial charge in [0.1, 0.15) is 0 Å². The van der Waals surface area contributed by atoms with Gasteiger partial charge >= 0.3 is 0 Å². The molecule has 4 rings (SSSR count). The molecule has 0 saturated heterocycles. The van der Waals surface area contributed by atoms with Gasteiger partial charge in [-0.15, -0.1) is 0 Å². The predicted molar refractivity (Wildman–Crippen MR) is 96.9 cm³/mol. The molecule has 1 aromatic carbocycles. The fourth-order valence-corrected chi connectivity index (χ4v) is 3.03. The van der Waals surface area contributed by atoms with E-state index < -0.39 is 0 Å². The molecular weight excluding hydrogens is 340 g/mol. The Bertz CT molecular complexity index is 1120. The monoisotopic (exact) mass is 354 g/mol. The van der Waals surface area contributed by atoms with E-state index in [9.17, 15) is 4.79 Å². The number of aliphatic hydroxyl groups excluding tert-OH is 1. The Labute approximate surface area is 147 Å². The first-order valence-corrected chi connectivity index (χ1v) is 8.29. The molecule has 0 saturated carbocycles. The van der Waals surface area contributed by atoms with Crippen molar-refractivity contribution < 1.29 is 5.11 Å². The summed E-state index contributed by atoms with van der Waals surface area (Å²) in [4.78, 5) is 17.0. The van der Waals surface area contributed by atoms with Crippen molar-refractivity contribution in [3.05, 3.63) is 64.3 Å². The summed E-state index contributed by atoms with van der Waals surface area (Å²) in [5, 5.41) is 14.5. The van der Waals surface area contributed by atoms with E-state index in [1.807, 2.05) is 30.3 Å². The fraction of sp³-hybridized carbons (Fsp3) is 0.167. The maximum Gasteiger partial charge on any atom is 0.261 e. The van der Waals surface area contributed by atoms with Crippen LogP contribution in [0.25, 0.3) is 27.7 Å². The lowest BCUT2D eigenvalue weighted by molar-refractivity contribution is 0.279. The number of hydrogen-bond donors (Lipinski definition) is 1. The van der Waals surface area contributed by atoms with Crippen molar-refractivity contribution in [1.82, 2.24) is 19.2 Å². The van der Waals surface area contributed by atoms with Gasteiger partial charge in [-0.05, 0) is 30.2 Å². The van der Waals surface area contributed by atoms with E-state index in [0.29, 0.717) is 34.5 Å². The maximum absolute atomic E-state index is 12.6. The number of benzene rings is 1. The highest BCUT2D eigenvalue weighted by Crippen LogP contribution is 2.26. The molecular formula is C18H15ClN4O2. The first-order chi connectivity index (χ1) is 12.2. The number of fused-ring (bicyclic) bond motifs is 3. The van der Waals surface area contributed by atoms with Crippen LogP contribution in [0.2, 0.25) is 5.02 Å². The number of halogens is 1. The minimum absolute atomic E-state index is 0.0470. The summed E-state index contributed by atoms with van der Waals surface area (Å²) in [7, 11) is 0. The Kier molecular flexibility index (Phi) is 3.99. The van der Waals surface area contributed by atoms with Crippen LogP contribution in [-0.2, 0) is 6.54 Å². The molecule has 0 radical (unpaired) electrons. The molecule has 0 bridgehead atoms. The van der Waals surface area contributed by atoms with Gasteiger partial charge in [-0.2, -0.15) is 5.10 Å². The van der Waals surface area contributed by atoms with E-state index in [1.165, 1.54) is 0 Å². The Balaban J connectivity index is 1.89. The number of hydrogen-bond acceptors (Lipinski definition) is 4. The summed E-state index contributed by atoms with van der Waals surface area (Å²) in [6.07, 6.45) is 5.58. The molecule has 0 aliphatic rings. The topological polar surface area (TPSA) is 72.4 Å². The highest BCUT2D eigenvalue weighted by Gasteiger charge is 2.12. The van der Waals surface area contributed by atoms with Gasteiger partial charge in [0.2, 0.25) is 0 Å². The molecule has 0 amide bonds. The Morgan fingerprint density at radius 1 is 1.12 bits per heavy atom. The van der Waals surface area contributed by atoms with Crippen molar-refractivity contribution in [3.63, 3.8) is 0 Å². The van der Waals surface area contributed by atoms with Gasteiger partial charge in [0, 0.05) is 36.1 Å². The van der Waals surface area contributed by atoms with Crippen molar-refractivity contribution >= 4 is 28.2 Å². The van der Waals surface area contributed by atoms with Crippen molar-refractivity contribution in [1.29, 1.82) is 0 Å². The van der Waals surface area contributed by atoms with Crippen LogP contribution in [0, 0.1) is 0 Å². The molecule has 126 valence electrons. The van der Waals surface area contributed by atoms with E-state index in [-0.39, 0.29) is 12.2 Å². The summed E-state index contributed by atoms with van der Waals surface area (Å²) in [6, 6.07) is 9.32. The third-order valence-electron chi connectivity index (χ3n) is 4.18. The van der Waals surface area contributed by atoms with E-state index in [1.54, 1.807) is 27.7 Å². The predicted octanol–water partition coefficient (Wildman–Crippen LogP) is 2.75. The number of aromatic nitrogens is 4. The van der Waals surface area contributed by atoms with E-state index in [0.717, 1.165) is 11.1 Å². The summed E-state index contributed by atoms with van der Waals surface area (Å²) < 4.78 is 3.26. The molecule has 25 heavy (non-hydrogen) atoms. The van der Waals surface area contributed by atoms with Crippen LogP contribution in [0.5, 0.6) is 0 Å². The van der Waals surface area contributed by atoms with Gasteiger partial charge < -0.3 is 9.67 Å². The quantitative estimate of drug-likeness (QED) is 0.611. The van der Waals surface area contributed by atoms with E-state index in [4.69, 9.17) is 16.7 Å². The third-order valence-corrected chi connectivity index (χ3v) is 4.43. The number of nitrogens with zero attached hydrogens (tertiary/aromatic N) is 4. The second kappa shape index (κ2) is 6.31. The summed E-state index contributed by atoms with van der Waals surface area (Å²) in [6.45, 7) is 0.518. The number of rotatable bonds is 4. The molecule has 0 spiro atoms. The Hall–Kier alpha value is -2.70. The summed E-state index contributed by atoms with van der Waals surface area (Å²) >= 11 is 5.95. The minimum Gasteiger partial charge on any atom is -0.396 e. The molecule has 6 nitrogen and oxygen atoms in total. The second-order valence-corrected chi connectivity index (χ2v) is 6.19. The van der Waals surface area contributed by atoms with Crippen molar-refractivity contribution in [2.45, 2.75) is 13.0 Å². The van der Waals surface area contributed by atoms with Gasteiger partial charge in [-0.25, -0.2) is 9.50 Å². The van der Waals surface area contributed by atoms with Gasteiger partial charge in [0.25, 0.3) is 5.56 Å². The Morgan fingerprint density at radius 2 is 1.92 bits per heavy atom. The molecule has 0 aliphatic carbocycles. The highest BCUT2D eigenvalue weighted by atomic mass is 35.5. The summed E-state index contributed by atoms with van der Waals surface area (Å²) in [5.74, 6) is 0. The minimum atomic E-state index is -0.135. The van der Waals surface area contributed by atoms with Crippen LogP contribution in [0.15, 0.2) is 53.7 Å². The molecule has 0 unspecified atom stereocenters. The standard InChI is InChI=1S/C18H15ClN4O2/c19-13-4-2-12(3-5-13)14-11-21-23-16-6-8-22(7-1-9-24)18(25)15(16)10-20-17(14)23/h2-6,8,10-11,24H,1,7,9H2. The van der Waals surface area contributed by atoms with E-state index in [2.05, 4.69) is 10.1 Å². The zero-order chi connectivity index (χ0) is 17.4. The smallest absolute Gasteiger partial charge is 0.261 e. The van der Waals surface area contributed by atoms with Gasteiger partial charge in [0.05, 0.1) is 17.1 Å². The first kappa shape index (κ1) is 15.8. The van der Waals surface area contributed by atoms with Crippen molar-refractivity contribution in [3.8, 4) is 11.1 Å².